The molecule has 124 valence electrons. The zero-order valence-electron chi connectivity index (χ0n) is 12.9. The molecule has 0 spiro atoms. The van der Waals surface area contributed by atoms with E-state index >= 15 is 0 Å². The van der Waals surface area contributed by atoms with Crippen molar-refractivity contribution in [3.05, 3.63) is 45.1 Å². The summed E-state index contributed by atoms with van der Waals surface area (Å²) in [6.45, 7) is 3.97. The maximum absolute atomic E-state index is 6.16. The number of nitrogens with one attached hydrogen (secondary N) is 2. The average Bonchev–Trinajstić information content (AvgIpc) is 2.85. The number of hydrogen-bond donors (Lipinski definition) is 3. The van der Waals surface area contributed by atoms with Gasteiger partial charge in [-0.15, -0.1) is 11.3 Å². The Bertz CT molecular complexity index is 876. The Labute approximate surface area is 153 Å². The van der Waals surface area contributed by atoms with Gasteiger partial charge in [-0.2, -0.15) is 0 Å². The highest BCUT2D eigenvalue weighted by Gasteiger charge is 2.11. The van der Waals surface area contributed by atoms with Gasteiger partial charge in [-0.25, -0.2) is 15.0 Å². The molecule has 4 N–H and O–H groups in total. The van der Waals surface area contributed by atoms with Crippen LogP contribution in [0.15, 0.2) is 24.5 Å². The standard InChI is InChI=1S/C15H14Cl2N6S/c1-7-8(2)24-15(21-7)23-14-12(18)13(19-6-20-14)22-9-3-4-10(16)11(17)5-9/h3-6H,18H2,1-2H3,(H2,19,20,21,22,23). The predicted molar refractivity (Wildman–Crippen MR) is 101 cm³/mol. The van der Waals surface area contributed by atoms with Gasteiger partial charge in [-0.1, -0.05) is 23.2 Å². The topological polar surface area (TPSA) is 88.8 Å². The second-order valence-corrected chi connectivity index (χ2v) is 7.04. The summed E-state index contributed by atoms with van der Waals surface area (Å²) in [5, 5.41) is 7.89. The van der Waals surface area contributed by atoms with Gasteiger partial charge in [0.1, 0.15) is 12.0 Å². The highest BCUT2D eigenvalue weighted by Crippen LogP contribution is 2.32. The first-order valence-corrected chi connectivity index (χ1v) is 8.55. The molecule has 1 aromatic carbocycles. The third-order valence-corrected chi connectivity index (χ3v) is 5.05. The van der Waals surface area contributed by atoms with Crippen LogP contribution in [-0.2, 0) is 0 Å². The molecule has 0 fully saturated rings. The fraction of sp³-hybridized carbons (Fsp3) is 0.133. The van der Waals surface area contributed by atoms with Crippen molar-refractivity contribution < 1.29 is 0 Å². The monoisotopic (exact) mass is 380 g/mol. The minimum Gasteiger partial charge on any atom is -0.393 e. The number of hydrogen-bond acceptors (Lipinski definition) is 7. The number of rotatable bonds is 4. The number of anilines is 5. The molecule has 24 heavy (non-hydrogen) atoms. The summed E-state index contributed by atoms with van der Waals surface area (Å²) >= 11 is 13.5. The summed E-state index contributed by atoms with van der Waals surface area (Å²) < 4.78 is 0. The van der Waals surface area contributed by atoms with E-state index in [0.29, 0.717) is 27.4 Å². The molecule has 9 heteroatoms. The molecule has 0 saturated carbocycles. The number of nitrogens with zero attached hydrogens (tertiary/aromatic N) is 3. The SMILES string of the molecule is Cc1nc(Nc2ncnc(Nc3ccc(Cl)c(Cl)c3)c2N)sc1C. The van der Waals surface area contributed by atoms with Crippen LogP contribution < -0.4 is 16.4 Å². The Balaban J connectivity index is 1.86. The first kappa shape index (κ1) is 16.8. The predicted octanol–water partition coefficient (Wildman–Crippen LogP) is 4.93. The molecule has 3 rings (SSSR count). The van der Waals surface area contributed by atoms with Crippen molar-refractivity contribution >= 4 is 62.7 Å². The fourth-order valence-electron chi connectivity index (χ4n) is 1.93. The normalized spacial score (nSPS) is 10.7. The van der Waals surface area contributed by atoms with E-state index < -0.39 is 0 Å². The van der Waals surface area contributed by atoms with Gasteiger partial charge >= 0.3 is 0 Å². The van der Waals surface area contributed by atoms with Crippen molar-refractivity contribution in [3.63, 3.8) is 0 Å². The second-order valence-electron chi connectivity index (χ2n) is 5.02. The number of nitrogens with two attached hydrogens (primary N) is 1. The van der Waals surface area contributed by atoms with E-state index in [0.717, 1.165) is 21.4 Å². The van der Waals surface area contributed by atoms with Gasteiger partial charge in [0.05, 0.1) is 15.7 Å². The molecule has 0 saturated heterocycles. The quantitative estimate of drug-likeness (QED) is 0.594. The van der Waals surface area contributed by atoms with Crippen LogP contribution in [0.5, 0.6) is 0 Å². The molecule has 0 bridgehead atoms. The lowest BCUT2D eigenvalue weighted by atomic mass is 10.3. The first-order chi connectivity index (χ1) is 11.4. The van der Waals surface area contributed by atoms with E-state index in [2.05, 4.69) is 25.6 Å². The van der Waals surface area contributed by atoms with Crippen LogP contribution in [0.1, 0.15) is 10.6 Å². The van der Waals surface area contributed by atoms with Gasteiger partial charge in [-0.05, 0) is 32.0 Å². The molecule has 3 aromatic rings. The summed E-state index contributed by atoms with van der Waals surface area (Å²) in [4.78, 5) is 13.9. The molecule has 0 unspecified atom stereocenters. The number of benzene rings is 1. The van der Waals surface area contributed by atoms with Crippen molar-refractivity contribution in [2.45, 2.75) is 13.8 Å². The maximum Gasteiger partial charge on any atom is 0.188 e. The highest BCUT2D eigenvalue weighted by molar-refractivity contribution is 7.15. The van der Waals surface area contributed by atoms with Gasteiger partial charge in [0, 0.05) is 10.6 Å². The maximum atomic E-state index is 6.16. The van der Waals surface area contributed by atoms with Gasteiger partial charge < -0.3 is 16.4 Å². The van der Waals surface area contributed by atoms with Crippen LogP contribution in [0.25, 0.3) is 0 Å². The Morgan fingerprint density at radius 3 is 2.38 bits per heavy atom. The number of aryl methyl sites for hydroxylation is 2. The number of halogens is 2. The van der Waals surface area contributed by atoms with E-state index in [1.54, 1.807) is 29.5 Å². The van der Waals surface area contributed by atoms with E-state index in [9.17, 15) is 0 Å². The van der Waals surface area contributed by atoms with Crippen LogP contribution >= 0.6 is 34.5 Å². The van der Waals surface area contributed by atoms with E-state index in [1.165, 1.54) is 6.33 Å². The van der Waals surface area contributed by atoms with Crippen LogP contribution in [0.3, 0.4) is 0 Å². The minimum atomic E-state index is 0.383. The summed E-state index contributed by atoms with van der Waals surface area (Å²) in [7, 11) is 0. The van der Waals surface area contributed by atoms with Crippen molar-refractivity contribution in [2.75, 3.05) is 16.4 Å². The van der Waals surface area contributed by atoms with Crippen molar-refractivity contribution in [3.8, 4) is 0 Å². The lowest BCUT2D eigenvalue weighted by molar-refractivity contribution is 1.16. The molecule has 0 aliphatic rings. The fourth-order valence-corrected chi connectivity index (χ4v) is 3.04. The van der Waals surface area contributed by atoms with Gasteiger partial charge in [0.2, 0.25) is 0 Å². The Hall–Kier alpha value is -2.09. The second kappa shape index (κ2) is 6.80. The average molecular weight is 381 g/mol. The first-order valence-electron chi connectivity index (χ1n) is 6.97. The highest BCUT2D eigenvalue weighted by atomic mass is 35.5. The number of nitrogen functional groups attached to an aromatic ring is 1. The van der Waals surface area contributed by atoms with Crippen molar-refractivity contribution in [1.29, 1.82) is 0 Å². The zero-order chi connectivity index (χ0) is 17.3. The van der Waals surface area contributed by atoms with E-state index in [4.69, 9.17) is 28.9 Å². The molecule has 0 amide bonds. The molecule has 0 aliphatic carbocycles. The largest absolute Gasteiger partial charge is 0.393 e. The molecule has 0 radical (unpaired) electrons. The lowest BCUT2D eigenvalue weighted by Gasteiger charge is -2.11. The van der Waals surface area contributed by atoms with Gasteiger partial charge in [-0.3, -0.25) is 0 Å². The van der Waals surface area contributed by atoms with Crippen LogP contribution in [0, 0.1) is 13.8 Å². The molecule has 0 atom stereocenters. The molecule has 0 aliphatic heterocycles. The minimum absolute atomic E-state index is 0.383. The molecule has 6 nitrogen and oxygen atoms in total. The summed E-state index contributed by atoms with van der Waals surface area (Å²) in [6, 6.07) is 5.19. The van der Waals surface area contributed by atoms with Crippen LogP contribution in [0.2, 0.25) is 10.0 Å². The summed E-state index contributed by atoms with van der Waals surface area (Å²) in [5.74, 6) is 0.956. The number of thiazole rings is 1. The van der Waals surface area contributed by atoms with Crippen molar-refractivity contribution in [1.82, 2.24) is 15.0 Å². The zero-order valence-corrected chi connectivity index (χ0v) is 15.2. The molecular weight excluding hydrogens is 367 g/mol. The third kappa shape index (κ3) is 3.53. The molecule has 2 heterocycles. The Morgan fingerprint density at radius 2 is 1.75 bits per heavy atom. The van der Waals surface area contributed by atoms with Crippen molar-refractivity contribution in [2.24, 2.45) is 0 Å². The summed E-state index contributed by atoms with van der Waals surface area (Å²) in [5.41, 5.74) is 8.24. The Morgan fingerprint density at radius 1 is 1.04 bits per heavy atom. The third-order valence-electron chi connectivity index (χ3n) is 3.32. The lowest BCUT2D eigenvalue weighted by Crippen LogP contribution is -2.05. The summed E-state index contributed by atoms with van der Waals surface area (Å²) in [6.07, 6.45) is 1.42. The van der Waals surface area contributed by atoms with Gasteiger partial charge in [0.25, 0.3) is 0 Å². The van der Waals surface area contributed by atoms with E-state index in [-0.39, 0.29) is 0 Å². The molecular formula is C15H14Cl2N6S. The van der Waals surface area contributed by atoms with Crippen LogP contribution in [0.4, 0.5) is 28.1 Å². The van der Waals surface area contributed by atoms with Gasteiger partial charge in [0.15, 0.2) is 16.8 Å². The van der Waals surface area contributed by atoms with E-state index in [1.807, 2.05) is 13.8 Å². The Kier molecular flexibility index (Phi) is 4.75. The molecule has 2 aromatic heterocycles. The smallest absolute Gasteiger partial charge is 0.188 e. The van der Waals surface area contributed by atoms with Crippen LogP contribution in [-0.4, -0.2) is 15.0 Å². The number of aromatic nitrogens is 3.